The highest BCUT2D eigenvalue weighted by Gasteiger charge is 2.42. The molecule has 17 heavy (non-hydrogen) atoms. The number of rotatable bonds is 4. The van der Waals surface area contributed by atoms with Crippen LogP contribution < -0.4 is 0 Å². The van der Waals surface area contributed by atoms with Gasteiger partial charge < -0.3 is 4.57 Å². The largest absolute Gasteiger partial charge is 0.335 e. The zero-order valence-corrected chi connectivity index (χ0v) is 10.4. The number of carbonyl (C=O) groups excluding carboxylic acids is 1. The van der Waals surface area contributed by atoms with E-state index in [-0.39, 0.29) is 0 Å². The maximum absolute atomic E-state index is 12.3. The number of hydrogen-bond donors (Lipinski definition) is 0. The van der Waals surface area contributed by atoms with Crippen LogP contribution in [0.2, 0.25) is 0 Å². The van der Waals surface area contributed by atoms with Crippen molar-refractivity contribution in [2.75, 3.05) is 0 Å². The molecule has 0 radical (unpaired) electrons. The summed E-state index contributed by atoms with van der Waals surface area (Å²) in [6.45, 7) is 2.99. The number of nitrogens with zero attached hydrogens (tertiary/aromatic N) is 2. The molecule has 2 fully saturated rings. The zero-order chi connectivity index (χ0) is 11.8. The fourth-order valence-corrected chi connectivity index (χ4v) is 3.72. The van der Waals surface area contributed by atoms with Crippen LogP contribution in [0.5, 0.6) is 0 Å². The Kier molecular flexibility index (Phi) is 2.77. The molecule has 3 heteroatoms. The third kappa shape index (κ3) is 1.92. The van der Waals surface area contributed by atoms with E-state index in [1.54, 1.807) is 6.20 Å². The van der Waals surface area contributed by atoms with Gasteiger partial charge in [0.25, 0.3) is 0 Å². The zero-order valence-electron chi connectivity index (χ0n) is 10.4. The van der Waals surface area contributed by atoms with Gasteiger partial charge in [-0.15, -0.1) is 0 Å². The molecule has 3 atom stereocenters. The second-order valence-electron chi connectivity index (χ2n) is 5.55. The molecule has 0 N–H and O–H groups in total. The van der Waals surface area contributed by atoms with Crippen molar-refractivity contribution in [3.63, 3.8) is 0 Å². The van der Waals surface area contributed by atoms with Crippen molar-refractivity contribution in [3.05, 3.63) is 18.2 Å². The first-order chi connectivity index (χ1) is 8.28. The van der Waals surface area contributed by atoms with Gasteiger partial charge in [-0.05, 0) is 38.0 Å². The number of aryl methyl sites for hydroxylation is 1. The van der Waals surface area contributed by atoms with Gasteiger partial charge in [0.1, 0.15) is 11.6 Å². The summed E-state index contributed by atoms with van der Waals surface area (Å²) >= 11 is 0. The number of fused-ring (bicyclic) bond motifs is 2. The van der Waals surface area contributed by atoms with Crippen LogP contribution in [0.3, 0.4) is 0 Å². The lowest BCUT2D eigenvalue weighted by Crippen LogP contribution is -2.23. The molecule has 0 aromatic carbocycles. The molecule has 2 bridgehead atoms. The molecular formula is C14H20N2O. The van der Waals surface area contributed by atoms with Gasteiger partial charge in [0.2, 0.25) is 0 Å². The van der Waals surface area contributed by atoms with Crippen LogP contribution in [0.15, 0.2) is 12.4 Å². The predicted octanol–water partition coefficient (Wildman–Crippen LogP) is 2.45. The highest BCUT2D eigenvalue weighted by atomic mass is 16.1. The van der Waals surface area contributed by atoms with Crippen LogP contribution in [0.25, 0.3) is 0 Å². The lowest BCUT2D eigenvalue weighted by atomic mass is 9.84. The van der Waals surface area contributed by atoms with Crippen LogP contribution in [0.1, 0.15) is 38.4 Å². The summed E-state index contributed by atoms with van der Waals surface area (Å²) in [7, 11) is 0. The molecule has 3 rings (SSSR count). The quantitative estimate of drug-likeness (QED) is 0.799. The highest BCUT2D eigenvalue weighted by Crippen LogP contribution is 2.48. The van der Waals surface area contributed by atoms with Gasteiger partial charge in [-0.3, -0.25) is 4.79 Å². The maximum atomic E-state index is 12.3. The van der Waals surface area contributed by atoms with E-state index in [0.717, 1.165) is 24.7 Å². The Morgan fingerprint density at radius 3 is 3.00 bits per heavy atom. The second-order valence-corrected chi connectivity index (χ2v) is 5.55. The average Bonchev–Trinajstić information content (AvgIpc) is 3.03. The minimum Gasteiger partial charge on any atom is -0.335 e. The Morgan fingerprint density at radius 2 is 2.35 bits per heavy atom. The Balaban J connectivity index is 1.68. The van der Waals surface area contributed by atoms with Crippen LogP contribution in [0, 0.1) is 17.8 Å². The van der Waals surface area contributed by atoms with Crippen LogP contribution in [-0.2, 0) is 17.8 Å². The molecule has 0 saturated heterocycles. The minimum absolute atomic E-state index is 0.343. The van der Waals surface area contributed by atoms with E-state index in [1.807, 2.05) is 6.20 Å². The van der Waals surface area contributed by atoms with E-state index in [1.165, 1.54) is 19.3 Å². The summed E-state index contributed by atoms with van der Waals surface area (Å²) in [6.07, 6.45) is 9.39. The third-order valence-electron chi connectivity index (χ3n) is 4.63. The maximum Gasteiger partial charge on any atom is 0.143 e. The Bertz CT molecular complexity index is 424. The van der Waals surface area contributed by atoms with Gasteiger partial charge in [-0.1, -0.05) is 6.42 Å². The number of Topliss-reactive ketones (excluding diaryl/α,β-unsaturated/α-hetero) is 1. The summed E-state index contributed by atoms with van der Waals surface area (Å²) in [5.74, 6) is 3.26. The summed E-state index contributed by atoms with van der Waals surface area (Å²) in [5.41, 5.74) is 0. The van der Waals surface area contributed by atoms with E-state index < -0.39 is 0 Å². The molecule has 0 amide bonds. The monoisotopic (exact) mass is 232 g/mol. The Morgan fingerprint density at radius 1 is 1.47 bits per heavy atom. The molecule has 1 aromatic heterocycles. The summed E-state index contributed by atoms with van der Waals surface area (Å²) in [5, 5.41) is 0. The van der Waals surface area contributed by atoms with Crippen molar-refractivity contribution in [2.45, 2.75) is 45.6 Å². The molecule has 2 saturated carbocycles. The van der Waals surface area contributed by atoms with Crippen molar-refractivity contribution in [3.8, 4) is 0 Å². The van der Waals surface area contributed by atoms with Gasteiger partial charge in [-0.25, -0.2) is 4.98 Å². The van der Waals surface area contributed by atoms with Crippen LogP contribution in [-0.4, -0.2) is 15.3 Å². The van der Waals surface area contributed by atoms with Crippen molar-refractivity contribution >= 4 is 5.78 Å². The average molecular weight is 232 g/mol. The van der Waals surface area contributed by atoms with Gasteiger partial charge in [0.05, 0.1) is 6.42 Å². The highest BCUT2D eigenvalue weighted by molar-refractivity contribution is 5.83. The van der Waals surface area contributed by atoms with E-state index in [0.29, 0.717) is 24.0 Å². The summed E-state index contributed by atoms with van der Waals surface area (Å²) < 4.78 is 2.07. The van der Waals surface area contributed by atoms with Gasteiger partial charge in [0, 0.05) is 24.9 Å². The molecule has 2 aliphatic carbocycles. The van der Waals surface area contributed by atoms with E-state index in [4.69, 9.17) is 0 Å². The topological polar surface area (TPSA) is 34.9 Å². The fourth-order valence-electron chi connectivity index (χ4n) is 3.72. The van der Waals surface area contributed by atoms with Crippen molar-refractivity contribution in [1.82, 2.24) is 9.55 Å². The number of imidazole rings is 1. The molecule has 3 nitrogen and oxygen atoms in total. The van der Waals surface area contributed by atoms with Gasteiger partial charge >= 0.3 is 0 Å². The molecule has 2 aliphatic rings. The fraction of sp³-hybridized carbons (Fsp3) is 0.714. The van der Waals surface area contributed by atoms with Gasteiger partial charge in [-0.2, -0.15) is 0 Å². The number of carbonyl (C=O) groups is 1. The summed E-state index contributed by atoms with van der Waals surface area (Å²) in [6, 6.07) is 0. The first-order valence-corrected chi connectivity index (χ1v) is 6.80. The van der Waals surface area contributed by atoms with E-state index in [9.17, 15) is 4.79 Å². The molecule has 1 heterocycles. The van der Waals surface area contributed by atoms with Crippen molar-refractivity contribution < 1.29 is 4.79 Å². The normalized spacial score (nSPS) is 31.0. The Labute approximate surface area is 102 Å². The molecule has 0 aliphatic heterocycles. The predicted molar refractivity (Wildman–Crippen MR) is 65.6 cm³/mol. The van der Waals surface area contributed by atoms with Crippen LogP contribution in [0.4, 0.5) is 0 Å². The lowest BCUT2D eigenvalue weighted by molar-refractivity contribution is -0.123. The summed E-state index contributed by atoms with van der Waals surface area (Å²) in [4.78, 5) is 16.6. The minimum atomic E-state index is 0.343. The smallest absolute Gasteiger partial charge is 0.143 e. The van der Waals surface area contributed by atoms with Crippen molar-refractivity contribution in [1.29, 1.82) is 0 Å². The van der Waals surface area contributed by atoms with Crippen LogP contribution >= 0.6 is 0 Å². The molecule has 3 unspecified atom stereocenters. The molecule has 92 valence electrons. The molecular weight excluding hydrogens is 212 g/mol. The Hall–Kier alpha value is -1.12. The van der Waals surface area contributed by atoms with E-state index >= 15 is 0 Å². The first-order valence-electron chi connectivity index (χ1n) is 6.80. The van der Waals surface area contributed by atoms with Gasteiger partial charge in [0.15, 0.2) is 0 Å². The SMILES string of the molecule is CCn1ccnc1CC(=O)C1CC2CCC1C2. The van der Waals surface area contributed by atoms with E-state index in [2.05, 4.69) is 16.5 Å². The standard InChI is InChI=1S/C14H20N2O/c1-2-16-6-5-15-14(16)9-13(17)12-8-10-3-4-11(12)7-10/h5-6,10-12H,2-4,7-9H2,1H3. The van der Waals surface area contributed by atoms with Crippen molar-refractivity contribution in [2.24, 2.45) is 17.8 Å². The molecule has 1 aromatic rings. The number of aromatic nitrogens is 2. The molecule has 0 spiro atoms. The first kappa shape index (κ1) is 11.0. The third-order valence-corrected chi connectivity index (χ3v) is 4.63. The number of hydrogen-bond acceptors (Lipinski definition) is 2. The second kappa shape index (κ2) is 4.28. The lowest BCUT2D eigenvalue weighted by Gasteiger charge is -2.20. The number of ketones is 1.